The Labute approximate surface area is 140 Å². The quantitative estimate of drug-likeness (QED) is 0.544. The highest BCUT2D eigenvalue weighted by atomic mass is 79.9. The highest BCUT2D eigenvalue weighted by Crippen LogP contribution is 2.23. The summed E-state index contributed by atoms with van der Waals surface area (Å²) >= 11 is 3.53. The third-order valence-electron chi connectivity index (χ3n) is 4.29. The fraction of sp³-hybridized carbons (Fsp3) is 0.176. The zero-order valence-electron chi connectivity index (χ0n) is 12.8. The molecule has 0 amide bonds. The van der Waals surface area contributed by atoms with E-state index >= 15 is 0 Å². The van der Waals surface area contributed by atoms with Gasteiger partial charge in [-0.15, -0.1) is 0 Å². The first-order valence-corrected chi connectivity index (χ1v) is 8.09. The van der Waals surface area contributed by atoms with Gasteiger partial charge in [-0.2, -0.15) is 0 Å². The van der Waals surface area contributed by atoms with Gasteiger partial charge in [0, 0.05) is 25.1 Å². The van der Waals surface area contributed by atoms with Gasteiger partial charge in [-0.05, 0) is 45.8 Å². The van der Waals surface area contributed by atoms with E-state index in [1.165, 1.54) is 0 Å². The Morgan fingerprint density at radius 3 is 2.65 bits per heavy atom. The average molecular weight is 371 g/mol. The van der Waals surface area contributed by atoms with Crippen LogP contribution in [0, 0.1) is 0 Å². The largest absolute Gasteiger partial charge is 0.328 e. The Balaban J connectivity index is 1.82. The molecule has 2 aromatic heterocycles. The minimum Gasteiger partial charge on any atom is -0.326 e. The second kappa shape index (κ2) is 5.09. The van der Waals surface area contributed by atoms with Gasteiger partial charge in [0.1, 0.15) is 5.52 Å². The molecule has 6 heteroatoms. The second-order valence-electron chi connectivity index (χ2n) is 5.70. The average Bonchev–Trinajstić information content (AvgIpc) is 3.05. The number of para-hydroxylation sites is 1. The molecule has 0 saturated heterocycles. The van der Waals surface area contributed by atoms with Crippen molar-refractivity contribution in [3.63, 3.8) is 0 Å². The third kappa shape index (κ3) is 2.13. The Bertz CT molecular complexity index is 1100. The summed E-state index contributed by atoms with van der Waals surface area (Å²) in [4.78, 5) is 16.5. The highest BCUT2D eigenvalue weighted by Gasteiger charge is 2.10. The number of rotatable bonds is 2. The molecular weight excluding hydrogens is 356 g/mol. The van der Waals surface area contributed by atoms with Crippen molar-refractivity contribution in [3.8, 4) is 0 Å². The zero-order chi connectivity index (χ0) is 16.1. The second-order valence-corrected chi connectivity index (χ2v) is 6.56. The molecule has 0 unspecified atom stereocenters. The van der Waals surface area contributed by atoms with Crippen LogP contribution in [0.25, 0.3) is 22.1 Å². The van der Waals surface area contributed by atoms with Crippen LogP contribution >= 0.6 is 15.9 Å². The molecule has 0 aliphatic carbocycles. The van der Waals surface area contributed by atoms with E-state index in [1.807, 2.05) is 24.5 Å². The molecule has 0 radical (unpaired) electrons. The molecule has 4 rings (SSSR count). The van der Waals surface area contributed by atoms with Gasteiger partial charge in [0.25, 0.3) is 0 Å². The summed E-state index contributed by atoms with van der Waals surface area (Å²) in [6, 6.07) is 12.2. The molecule has 23 heavy (non-hydrogen) atoms. The van der Waals surface area contributed by atoms with Crippen molar-refractivity contribution in [2.45, 2.75) is 6.54 Å². The normalized spacial score (nSPS) is 11.6. The lowest BCUT2D eigenvalue weighted by Crippen LogP contribution is -2.19. The number of fused-ring (bicyclic) bond motifs is 2. The summed E-state index contributed by atoms with van der Waals surface area (Å²) in [5.41, 5.74) is 5.06. The topological polar surface area (TPSA) is 44.8 Å². The van der Waals surface area contributed by atoms with E-state index in [0.29, 0.717) is 6.54 Å². The van der Waals surface area contributed by atoms with E-state index in [9.17, 15) is 4.79 Å². The van der Waals surface area contributed by atoms with Crippen molar-refractivity contribution < 1.29 is 0 Å². The summed E-state index contributed by atoms with van der Waals surface area (Å²) in [5.74, 6) is 0. The molecule has 4 aromatic rings. The molecule has 0 atom stereocenters. The Morgan fingerprint density at radius 2 is 1.83 bits per heavy atom. The Morgan fingerprint density at radius 1 is 1.04 bits per heavy atom. The number of benzene rings is 2. The van der Waals surface area contributed by atoms with Crippen molar-refractivity contribution in [2.75, 3.05) is 0 Å². The lowest BCUT2D eigenvalue weighted by atomic mass is 10.2. The standard InChI is InChI=1S/C17H15BrN4O/c1-20-13-7-6-11(8-15(13)21(2)17(20)23)9-22-10-19-16-12(18)4-3-5-14(16)22/h3-8,10H,9H2,1-2H3. The van der Waals surface area contributed by atoms with E-state index in [4.69, 9.17) is 0 Å². The van der Waals surface area contributed by atoms with Crippen molar-refractivity contribution in [1.82, 2.24) is 18.7 Å². The van der Waals surface area contributed by atoms with Crippen LogP contribution in [0.1, 0.15) is 5.56 Å². The van der Waals surface area contributed by atoms with Crippen LogP contribution in [0.2, 0.25) is 0 Å². The first-order chi connectivity index (χ1) is 11.1. The zero-order valence-corrected chi connectivity index (χ0v) is 14.4. The van der Waals surface area contributed by atoms with Gasteiger partial charge in [0.2, 0.25) is 0 Å². The first-order valence-electron chi connectivity index (χ1n) is 7.30. The Hall–Kier alpha value is -2.34. The lowest BCUT2D eigenvalue weighted by Gasteiger charge is -2.06. The molecule has 0 bridgehead atoms. The third-order valence-corrected chi connectivity index (χ3v) is 4.93. The van der Waals surface area contributed by atoms with Gasteiger partial charge in [0.05, 0.1) is 22.9 Å². The number of hydrogen-bond acceptors (Lipinski definition) is 2. The van der Waals surface area contributed by atoms with Gasteiger partial charge in [0.15, 0.2) is 0 Å². The lowest BCUT2D eigenvalue weighted by molar-refractivity contribution is 0.794. The molecule has 2 aromatic carbocycles. The van der Waals surface area contributed by atoms with Gasteiger partial charge in [-0.3, -0.25) is 9.13 Å². The van der Waals surface area contributed by atoms with Crippen LogP contribution in [-0.4, -0.2) is 18.7 Å². The number of halogens is 1. The summed E-state index contributed by atoms with van der Waals surface area (Å²) in [7, 11) is 3.60. The van der Waals surface area contributed by atoms with Crippen LogP contribution in [0.5, 0.6) is 0 Å². The summed E-state index contributed by atoms with van der Waals surface area (Å²) < 4.78 is 6.46. The molecule has 0 aliphatic heterocycles. The van der Waals surface area contributed by atoms with Crippen LogP contribution in [-0.2, 0) is 20.6 Å². The van der Waals surface area contributed by atoms with Gasteiger partial charge < -0.3 is 4.57 Å². The van der Waals surface area contributed by atoms with Crippen LogP contribution in [0.15, 0.2) is 52.0 Å². The molecule has 0 spiro atoms. The fourth-order valence-electron chi connectivity index (χ4n) is 3.03. The maximum absolute atomic E-state index is 12.0. The molecule has 0 saturated carbocycles. The first kappa shape index (κ1) is 14.3. The maximum atomic E-state index is 12.0. The predicted octanol–water partition coefficient (Wildman–Crippen LogP) is 3.04. The van der Waals surface area contributed by atoms with E-state index < -0.39 is 0 Å². The fourth-order valence-corrected chi connectivity index (χ4v) is 3.48. The number of hydrogen-bond donors (Lipinski definition) is 0. The smallest absolute Gasteiger partial charge is 0.326 e. The number of aryl methyl sites for hydroxylation is 2. The van der Waals surface area contributed by atoms with Crippen molar-refractivity contribution >= 4 is 38.0 Å². The molecular formula is C17H15BrN4O. The monoisotopic (exact) mass is 370 g/mol. The number of imidazole rings is 2. The number of aromatic nitrogens is 4. The van der Waals surface area contributed by atoms with Gasteiger partial charge in [-0.1, -0.05) is 12.1 Å². The molecule has 116 valence electrons. The molecule has 0 aliphatic rings. The summed E-state index contributed by atoms with van der Waals surface area (Å²) in [6.07, 6.45) is 1.85. The number of nitrogens with zero attached hydrogens (tertiary/aromatic N) is 4. The van der Waals surface area contributed by atoms with E-state index in [2.05, 4.69) is 43.7 Å². The molecule has 2 heterocycles. The predicted molar refractivity (Wildman–Crippen MR) is 94.7 cm³/mol. The van der Waals surface area contributed by atoms with E-state index in [-0.39, 0.29) is 5.69 Å². The van der Waals surface area contributed by atoms with Crippen LogP contribution in [0.3, 0.4) is 0 Å². The van der Waals surface area contributed by atoms with Crippen molar-refractivity contribution in [1.29, 1.82) is 0 Å². The molecule has 0 fully saturated rings. The maximum Gasteiger partial charge on any atom is 0.328 e. The van der Waals surface area contributed by atoms with Crippen molar-refractivity contribution in [2.24, 2.45) is 14.1 Å². The highest BCUT2D eigenvalue weighted by molar-refractivity contribution is 9.10. The summed E-state index contributed by atoms with van der Waals surface area (Å²) in [6.45, 7) is 0.714. The minimum absolute atomic E-state index is 0.00541. The van der Waals surface area contributed by atoms with Crippen molar-refractivity contribution in [3.05, 3.63) is 63.2 Å². The van der Waals surface area contributed by atoms with E-state index in [1.54, 1.807) is 23.2 Å². The van der Waals surface area contributed by atoms with Crippen LogP contribution < -0.4 is 5.69 Å². The van der Waals surface area contributed by atoms with Gasteiger partial charge in [-0.25, -0.2) is 9.78 Å². The molecule has 0 N–H and O–H groups in total. The van der Waals surface area contributed by atoms with E-state index in [0.717, 1.165) is 32.1 Å². The Kier molecular flexibility index (Phi) is 3.16. The van der Waals surface area contributed by atoms with Gasteiger partial charge >= 0.3 is 5.69 Å². The minimum atomic E-state index is -0.00541. The van der Waals surface area contributed by atoms with Crippen LogP contribution in [0.4, 0.5) is 0 Å². The molecule has 5 nitrogen and oxygen atoms in total. The summed E-state index contributed by atoms with van der Waals surface area (Å²) in [5, 5.41) is 0. The SMILES string of the molecule is Cn1c(=O)n(C)c2cc(Cn3cnc4c(Br)cccc43)ccc21.